The van der Waals surface area contributed by atoms with Gasteiger partial charge >= 0.3 is 0 Å². The molecular formula is C12H15ClN4. The molecule has 0 unspecified atom stereocenters. The Bertz CT molecular complexity index is 464. The first kappa shape index (κ1) is 12.1. The molecule has 17 heavy (non-hydrogen) atoms. The molecule has 1 aromatic carbocycles. The molecule has 2 aromatic rings. The molecule has 0 bridgehead atoms. The van der Waals surface area contributed by atoms with Crippen LogP contribution in [0.3, 0.4) is 0 Å². The van der Waals surface area contributed by atoms with Crippen LogP contribution in [0.5, 0.6) is 0 Å². The van der Waals surface area contributed by atoms with Gasteiger partial charge in [-0.1, -0.05) is 24.3 Å². The molecular weight excluding hydrogens is 236 g/mol. The lowest BCUT2D eigenvalue weighted by Crippen LogP contribution is -2.16. The summed E-state index contributed by atoms with van der Waals surface area (Å²) in [5.41, 5.74) is 2.38. The highest BCUT2D eigenvalue weighted by atomic mass is 35.5. The van der Waals surface area contributed by atoms with Crippen molar-refractivity contribution in [3.63, 3.8) is 0 Å². The lowest BCUT2D eigenvalue weighted by atomic mass is 10.1. The first-order chi connectivity index (χ1) is 8.29. The van der Waals surface area contributed by atoms with Crippen molar-refractivity contribution in [2.75, 3.05) is 0 Å². The van der Waals surface area contributed by atoms with E-state index in [0.29, 0.717) is 12.4 Å². The van der Waals surface area contributed by atoms with E-state index < -0.39 is 0 Å². The normalized spacial score (nSPS) is 10.7. The lowest BCUT2D eigenvalue weighted by Gasteiger charge is -2.05. The van der Waals surface area contributed by atoms with Crippen LogP contribution in [0, 0.1) is 0 Å². The molecule has 0 aliphatic rings. The minimum absolute atomic E-state index is 0.562. The molecule has 0 aliphatic heterocycles. The topological polar surface area (TPSA) is 42.7 Å². The summed E-state index contributed by atoms with van der Waals surface area (Å²) in [6.07, 6.45) is 1.56. The highest BCUT2D eigenvalue weighted by Crippen LogP contribution is 2.06. The quantitative estimate of drug-likeness (QED) is 0.824. The number of hydrogen-bond donors (Lipinski definition) is 1. The molecule has 0 atom stereocenters. The van der Waals surface area contributed by atoms with Gasteiger partial charge in [0.05, 0.1) is 6.54 Å². The Morgan fingerprint density at radius 1 is 1.18 bits per heavy atom. The van der Waals surface area contributed by atoms with Crippen LogP contribution in [0.1, 0.15) is 17.0 Å². The fourth-order valence-corrected chi connectivity index (χ4v) is 1.72. The summed E-state index contributed by atoms with van der Waals surface area (Å²) in [6, 6.07) is 8.27. The second-order valence-electron chi connectivity index (χ2n) is 3.85. The summed E-state index contributed by atoms with van der Waals surface area (Å²) in [5, 5.41) is 7.34. The molecule has 90 valence electrons. The molecule has 1 aromatic heterocycles. The zero-order chi connectivity index (χ0) is 12.1. The van der Waals surface area contributed by atoms with Gasteiger partial charge in [0.25, 0.3) is 0 Å². The molecule has 5 heteroatoms. The number of alkyl halides is 1. The molecule has 1 heterocycles. The average Bonchev–Trinajstić information content (AvgIpc) is 2.76. The molecule has 0 amide bonds. The highest BCUT2D eigenvalue weighted by molar-refractivity contribution is 6.17. The summed E-state index contributed by atoms with van der Waals surface area (Å²) >= 11 is 5.73. The summed E-state index contributed by atoms with van der Waals surface area (Å²) in [5.74, 6) is 1.49. The number of nitrogens with one attached hydrogen (secondary N) is 1. The van der Waals surface area contributed by atoms with E-state index in [9.17, 15) is 0 Å². The van der Waals surface area contributed by atoms with Crippen LogP contribution in [0.25, 0.3) is 0 Å². The zero-order valence-electron chi connectivity index (χ0n) is 9.73. The van der Waals surface area contributed by atoms with Crippen LogP contribution in [-0.4, -0.2) is 14.8 Å². The van der Waals surface area contributed by atoms with Crippen molar-refractivity contribution in [3.05, 3.63) is 47.5 Å². The maximum Gasteiger partial charge on any atom is 0.140 e. The summed E-state index contributed by atoms with van der Waals surface area (Å²) in [4.78, 5) is 4.15. The van der Waals surface area contributed by atoms with Gasteiger partial charge in [0, 0.05) is 19.5 Å². The Morgan fingerprint density at radius 3 is 2.47 bits per heavy atom. The van der Waals surface area contributed by atoms with Crippen molar-refractivity contribution >= 4 is 11.6 Å². The van der Waals surface area contributed by atoms with Gasteiger partial charge in [-0.15, -0.1) is 11.6 Å². The van der Waals surface area contributed by atoms with Gasteiger partial charge in [0.1, 0.15) is 12.2 Å². The highest BCUT2D eigenvalue weighted by Gasteiger charge is 1.99. The van der Waals surface area contributed by atoms with E-state index in [1.807, 2.05) is 19.2 Å². The van der Waals surface area contributed by atoms with E-state index in [4.69, 9.17) is 11.6 Å². The average molecular weight is 251 g/mol. The zero-order valence-corrected chi connectivity index (χ0v) is 10.5. The Kier molecular flexibility index (Phi) is 4.12. The molecule has 4 nitrogen and oxygen atoms in total. The van der Waals surface area contributed by atoms with Crippen molar-refractivity contribution in [2.45, 2.75) is 19.0 Å². The molecule has 0 radical (unpaired) electrons. The fraction of sp³-hybridized carbons (Fsp3) is 0.333. The van der Waals surface area contributed by atoms with Gasteiger partial charge in [0.2, 0.25) is 0 Å². The number of aryl methyl sites for hydroxylation is 1. The summed E-state index contributed by atoms with van der Waals surface area (Å²) < 4.78 is 1.77. The standard InChI is InChI=1S/C12H15ClN4/c1-17-12(15-9-16-17)8-14-7-11-4-2-10(6-13)3-5-11/h2-5,9,14H,6-8H2,1H3. The minimum Gasteiger partial charge on any atom is -0.306 e. The van der Waals surface area contributed by atoms with Gasteiger partial charge < -0.3 is 5.32 Å². The third-order valence-electron chi connectivity index (χ3n) is 2.59. The molecule has 0 saturated heterocycles. The number of rotatable bonds is 5. The third-order valence-corrected chi connectivity index (χ3v) is 2.90. The predicted molar refractivity (Wildman–Crippen MR) is 67.5 cm³/mol. The fourth-order valence-electron chi connectivity index (χ4n) is 1.55. The van der Waals surface area contributed by atoms with Gasteiger partial charge in [-0.3, -0.25) is 4.68 Å². The summed E-state index contributed by atoms with van der Waals surface area (Å²) in [6.45, 7) is 1.53. The van der Waals surface area contributed by atoms with Crippen LogP contribution in [-0.2, 0) is 26.0 Å². The Balaban J connectivity index is 1.83. The maximum absolute atomic E-state index is 5.73. The maximum atomic E-state index is 5.73. The molecule has 0 aliphatic carbocycles. The van der Waals surface area contributed by atoms with E-state index in [1.54, 1.807) is 11.0 Å². The van der Waals surface area contributed by atoms with E-state index in [1.165, 1.54) is 5.56 Å². The largest absolute Gasteiger partial charge is 0.306 e. The smallest absolute Gasteiger partial charge is 0.140 e. The molecule has 1 N–H and O–H groups in total. The van der Waals surface area contributed by atoms with Gasteiger partial charge in [0.15, 0.2) is 0 Å². The number of halogens is 1. The van der Waals surface area contributed by atoms with Gasteiger partial charge in [-0.05, 0) is 11.1 Å². The van der Waals surface area contributed by atoms with E-state index in [-0.39, 0.29) is 0 Å². The summed E-state index contributed by atoms with van der Waals surface area (Å²) in [7, 11) is 1.89. The van der Waals surface area contributed by atoms with Crippen molar-refractivity contribution in [3.8, 4) is 0 Å². The third kappa shape index (κ3) is 3.28. The first-order valence-electron chi connectivity index (χ1n) is 5.47. The van der Waals surface area contributed by atoms with Crippen molar-refractivity contribution in [1.82, 2.24) is 20.1 Å². The predicted octanol–water partition coefficient (Wildman–Crippen LogP) is 1.84. The van der Waals surface area contributed by atoms with Crippen LogP contribution in [0.15, 0.2) is 30.6 Å². The number of benzene rings is 1. The molecule has 0 saturated carbocycles. The van der Waals surface area contributed by atoms with Crippen molar-refractivity contribution < 1.29 is 0 Å². The number of nitrogens with zero attached hydrogens (tertiary/aromatic N) is 3. The second-order valence-corrected chi connectivity index (χ2v) is 4.12. The van der Waals surface area contributed by atoms with Gasteiger partial charge in [-0.2, -0.15) is 5.10 Å². The van der Waals surface area contributed by atoms with Crippen molar-refractivity contribution in [1.29, 1.82) is 0 Å². The minimum atomic E-state index is 0.562. The lowest BCUT2D eigenvalue weighted by molar-refractivity contribution is 0.614. The van der Waals surface area contributed by atoms with Crippen LogP contribution in [0.2, 0.25) is 0 Å². The van der Waals surface area contributed by atoms with E-state index in [2.05, 4.69) is 27.5 Å². The van der Waals surface area contributed by atoms with Crippen molar-refractivity contribution in [2.24, 2.45) is 7.05 Å². The SMILES string of the molecule is Cn1ncnc1CNCc1ccc(CCl)cc1. The van der Waals surface area contributed by atoms with E-state index >= 15 is 0 Å². The van der Waals surface area contributed by atoms with Gasteiger partial charge in [-0.25, -0.2) is 4.98 Å². The Hall–Kier alpha value is -1.39. The van der Waals surface area contributed by atoms with Crippen LogP contribution >= 0.6 is 11.6 Å². The molecule has 0 fully saturated rings. The monoisotopic (exact) mass is 250 g/mol. The van der Waals surface area contributed by atoms with E-state index in [0.717, 1.165) is 17.9 Å². The Labute approximate surface area is 106 Å². The van der Waals surface area contributed by atoms with Crippen LogP contribution < -0.4 is 5.32 Å². The Morgan fingerprint density at radius 2 is 1.88 bits per heavy atom. The molecule has 0 spiro atoms. The first-order valence-corrected chi connectivity index (χ1v) is 6.00. The van der Waals surface area contributed by atoms with Crippen LogP contribution in [0.4, 0.5) is 0 Å². The number of hydrogen-bond acceptors (Lipinski definition) is 3. The number of aromatic nitrogens is 3. The molecule has 2 rings (SSSR count). The second kappa shape index (κ2) is 5.80.